The van der Waals surface area contributed by atoms with Crippen molar-refractivity contribution < 1.29 is 4.79 Å². The van der Waals surface area contributed by atoms with Crippen LogP contribution in [0.1, 0.15) is 24.1 Å². The second kappa shape index (κ2) is 8.58. The quantitative estimate of drug-likeness (QED) is 0.615. The third-order valence-corrected chi connectivity index (χ3v) is 6.10. The third kappa shape index (κ3) is 4.23. The van der Waals surface area contributed by atoms with Crippen LogP contribution in [0.4, 0.5) is 5.82 Å². The number of nitrogens with zero attached hydrogens (tertiary/aromatic N) is 8. The number of aromatic nitrogens is 6. The summed E-state index contributed by atoms with van der Waals surface area (Å²) in [6.07, 6.45) is 5.74. The van der Waals surface area contributed by atoms with Crippen LogP contribution in [0.2, 0.25) is 5.02 Å². The topological polar surface area (TPSA) is 92.9 Å². The molecule has 0 N–H and O–H groups in total. The highest BCUT2D eigenvalue weighted by atomic mass is 35.5. The number of benzene rings is 1. The lowest BCUT2D eigenvalue weighted by atomic mass is 9.95. The van der Waals surface area contributed by atoms with Gasteiger partial charge in [-0.25, -0.2) is 14.6 Å². The average Bonchev–Trinajstić information content (AvgIpc) is 3.31. The standard InChI is InChI=1S/C21H23ClN8O/c22-16-5-3-4-15(12-16)20-24-18-7-2-1-6-17(18)21(25-20)29-10-8-28(9-11-29)19(31)13-30-14-23-26-27-30/h3-5,12,14H,1-2,6-11,13H2. The molecule has 160 valence electrons. The van der Waals surface area contributed by atoms with Gasteiger partial charge in [0.05, 0.1) is 0 Å². The summed E-state index contributed by atoms with van der Waals surface area (Å²) in [5.74, 6) is 1.75. The average molecular weight is 439 g/mol. The van der Waals surface area contributed by atoms with Crippen molar-refractivity contribution in [3.8, 4) is 11.4 Å². The predicted octanol–water partition coefficient (Wildman–Crippen LogP) is 2.01. The molecule has 2 aliphatic rings. The molecule has 1 amide bonds. The maximum atomic E-state index is 12.6. The van der Waals surface area contributed by atoms with Crippen molar-refractivity contribution in [1.82, 2.24) is 35.1 Å². The maximum absolute atomic E-state index is 12.6. The minimum absolute atomic E-state index is 0.0243. The summed E-state index contributed by atoms with van der Waals surface area (Å²) in [5.41, 5.74) is 3.33. The molecule has 1 aliphatic carbocycles. The fourth-order valence-corrected chi connectivity index (χ4v) is 4.44. The van der Waals surface area contributed by atoms with Gasteiger partial charge < -0.3 is 9.80 Å². The Balaban J connectivity index is 1.37. The summed E-state index contributed by atoms with van der Waals surface area (Å²) in [6, 6.07) is 7.69. The summed E-state index contributed by atoms with van der Waals surface area (Å²) >= 11 is 6.21. The fourth-order valence-electron chi connectivity index (χ4n) is 4.25. The molecule has 31 heavy (non-hydrogen) atoms. The van der Waals surface area contributed by atoms with Gasteiger partial charge in [-0.15, -0.1) is 5.10 Å². The molecular formula is C21H23ClN8O. The Morgan fingerprint density at radius 2 is 1.90 bits per heavy atom. The molecule has 5 rings (SSSR count). The number of piperazine rings is 1. The zero-order valence-corrected chi connectivity index (χ0v) is 17.9. The van der Waals surface area contributed by atoms with E-state index in [-0.39, 0.29) is 12.5 Å². The van der Waals surface area contributed by atoms with E-state index in [9.17, 15) is 4.79 Å². The van der Waals surface area contributed by atoms with Crippen LogP contribution in [0.25, 0.3) is 11.4 Å². The van der Waals surface area contributed by atoms with Crippen molar-refractivity contribution in [3.05, 3.63) is 46.9 Å². The number of hydrogen-bond acceptors (Lipinski definition) is 7. The van der Waals surface area contributed by atoms with E-state index in [4.69, 9.17) is 21.6 Å². The highest BCUT2D eigenvalue weighted by molar-refractivity contribution is 6.30. The number of aryl methyl sites for hydroxylation is 1. The Hall–Kier alpha value is -3.07. The Bertz CT molecular complexity index is 1080. The molecule has 0 saturated carbocycles. The molecule has 2 aromatic heterocycles. The molecule has 3 aromatic rings. The van der Waals surface area contributed by atoms with Gasteiger partial charge in [-0.2, -0.15) is 0 Å². The molecule has 0 spiro atoms. The fraction of sp³-hybridized carbons (Fsp3) is 0.429. The van der Waals surface area contributed by atoms with Crippen LogP contribution in [0.15, 0.2) is 30.6 Å². The van der Waals surface area contributed by atoms with E-state index in [0.717, 1.165) is 61.7 Å². The van der Waals surface area contributed by atoms with Gasteiger partial charge in [0.1, 0.15) is 18.7 Å². The van der Waals surface area contributed by atoms with E-state index < -0.39 is 0 Å². The van der Waals surface area contributed by atoms with Crippen LogP contribution in [-0.2, 0) is 24.2 Å². The van der Waals surface area contributed by atoms with Crippen molar-refractivity contribution >= 4 is 23.3 Å². The number of hydrogen-bond donors (Lipinski definition) is 0. The van der Waals surface area contributed by atoms with Crippen LogP contribution in [0, 0.1) is 0 Å². The van der Waals surface area contributed by atoms with Gasteiger partial charge in [0.15, 0.2) is 5.82 Å². The van der Waals surface area contributed by atoms with E-state index >= 15 is 0 Å². The first-order valence-electron chi connectivity index (χ1n) is 10.6. The Morgan fingerprint density at radius 1 is 1.06 bits per heavy atom. The number of amides is 1. The molecule has 1 fully saturated rings. The van der Waals surface area contributed by atoms with E-state index in [1.54, 1.807) is 0 Å². The van der Waals surface area contributed by atoms with E-state index in [1.165, 1.54) is 16.6 Å². The lowest BCUT2D eigenvalue weighted by molar-refractivity contribution is -0.132. The van der Waals surface area contributed by atoms with Gasteiger partial charge in [0.25, 0.3) is 0 Å². The summed E-state index contributed by atoms with van der Waals surface area (Å²) in [6.45, 7) is 2.92. The van der Waals surface area contributed by atoms with Crippen LogP contribution < -0.4 is 4.90 Å². The zero-order chi connectivity index (χ0) is 21.2. The van der Waals surface area contributed by atoms with Gasteiger partial charge in [-0.3, -0.25) is 4.79 Å². The van der Waals surface area contributed by atoms with Gasteiger partial charge >= 0.3 is 0 Å². The monoisotopic (exact) mass is 438 g/mol. The number of anilines is 1. The lowest BCUT2D eigenvalue weighted by Gasteiger charge is -2.37. The molecule has 0 bridgehead atoms. The molecule has 1 saturated heterocycles. The first kappa shape index (κ1) is 19.9. The normalized spacial score (nSPS) is 16.3. The number of tetrazole rings is 1. The Kier molecular flexibility index (Phi) is 5.50. The van der Waals surface area contributed by atoms with Crippen LogP contribution in [-0.4, -0.2) is 67.2 Å². The lowest BCUT2D eigenvalue weighted by Crippen LogP contribution is -2.50. The highest BCUT2D eigenvalue weighted by Gasteiger charge is 2.27. The van der Waals surface area contributed by atoms with Gasteiger partial charge in [-0.1, -0.05) is 23.7 Å². The molecule has 1 aromatic carbocycles. The Labute approximate surface area is 185 Å². The van der Waals surface area contributed by atoms with Crippen molar-refractivity contribution in [2.24, 2.45) is 0 Å². The van der Waals surface area contributed by atoms with E-state index in [0.29, 0.717) is 18.1 Å². The van der Waals surface area contributed by atoms with Gasteiger partial charge in [0, 0.05) is 48.0 Å². The minimum atomic E-state index is 0.0243. The summed E-state index contributed by atoms with van der Waals surface area (Å²) in [4.78, 5) is 26.6. The number of rotatable bonds is 4. The highest BCUT2D eigenvalue weighted by Crippen LogP contribution is 2.31. The Morgan fingerprint density at radius 3 is 2.68 bits per heavy atom. The zero-order valence-electron chi connectivity index (χ0n) is 17.1. The molecule has 9 nitrogen and oxygen atoms in total. The first-order valence-corrected chi connectivity index (χ1v) is 10.9. The number of halogens is 1. The maximum Gasteiger partial charge on any atom is 0.244 e. The van der Waals surface area contributed by atoms with Gasteiger partial charge in [-0.05, 0) is 48.2 Å². The molecule has 3 heterocycles. The smallest absolute Gasteiger partial charge is 0.244 e. The third-order valence-electron chi connectivity index (χ3n) is 5.86. The molecule has 0 radical (unpaired) electrons. The van der Waals surface area contributed by atoms with Crippen molar-refractivity contribution in [2.75, 3.05) is 31.1 Å². The molecule has 0 unspecified atom stereocenters. The van der Waals surface area contributed by atoms with Gasteiger partial charge in [0.2, 0.25) is 5.91 Å². The van der Waals surface area contributed by atoms with E-state index in [1.807, 2.05) is 29.2 Å². The largest absolute Gasteiger partial charge is 0.353 e. The molecular weight excluding hydrogens is 416 g/mol. The summed E-state index contributed by atoms with van der Waals surface area (Å²) in [7, 11) is 0. The summed E-state index contributed by atoms with van der Waals surface area (Å²) in [5, 5.41) is 11.6. The van der Waals surface area contributed by atoms with Crippen LogP contribution >= 0.6 is 11.6 Å². The van der Waals surface area contributed by atoms with Crippen molar-refractivity contribution in [3.63, 3.8) is 0 Å². The second-order valence-electron chi connectivity index (χ2n) is 7.89. The SMILES string of the molecule is O=C(Cn1cnnn1)N1CCN(c2nc(-c3cccc(Cl)c3)nc3c2CCCC3)CC1. The van der Waals surface area contributed by atoms with Crippen LogP contribution in [0.3, 0.4) is 0 Å². The second-order valence-corrected chi connectivity index (χ2v) is 8.33. The number of carbonyl (C=O) groups is 1. The van der Waals surface area contributed by atoms with Crippen molar-refractivity contribution in [1.29, 1.82) is 0 Å². The summed E-state index contributed by atoms with van der Waals surface area (Å²) < 4.78 is 1.45. The molecule has 1 aliphatic heterocycles. The first-order chi connectivity index (χ1) is 15.2. The van der Waals surface area contributed by atoms with E-state index in [2.05, 4.69) is 20.4 Å². The van der Waals surface area contributed by atoms with Crippen molar-refractivity contribution in [2.45, 2.75) is 32.2 Å². The van der Waals surface area contributed by atoms with Crippen LogP contribution in [0.5, 0.6) is 0 Å². The minimum Gasteiger partial charge on any atom is -0.353 e. The predicted molar refractivity (Wildman–Crippen MR) is 116 cm³/mol. The number of carbonyl (C=O) groups excluding carboxylic acids is 1. The molecule has 10 heteroatoms. The number of fused-ring (bicyclic) bond motifs is 1. The molecule has 0 atom stereocenters.